The monoisotopic (exact) mass is 398 g/mol. The number of carbonyl (C=O) groups is 2. The highest BCUT2D eigenvalue weighted by molar-refractivity contribution is 5.97. The molecule has 4 heteroatoms. The summed E-state index contributed by atoms with van der Waals surface area (Å²) in [7, 11) is 0. The minimum Gasteiger partial charge on any atom is -0.334 e. The van der Waals surface area contributed by atoms with Crippen molar-refractivity contribution in [2.24, 2.45) is 0 Å². The van der Waals surface area contributed by atoms with E-state index in [4.69, 9.17) is 0 Å². The Bertz CT molecular complexity index is 985. The maximum atomic E-state index is 13.3. The third-order valence-electron chi connectivity index (χ3n) is 5.52. The summed E-state index contributed by atoms with van der Waals surface area (Å²) >= 11 is 0. The lowest BCUT2D eigenvalue weighted by Crippen LogP contribution is -2.32. The molecule has 4 nitrogen and oxygen atoms in total. The zero-order valence-corrected chi connectivity index (χ0v) is 17.0. The van der Waals surface area contributed by atoms with Crippen molar-refractivity contribution >= 4 is 17.5 Å². The first-order valence-electron chi connectivity index (χ1n) is 10.5. The van der Waals surface area contributed by atoms with Gasteiger partial charge in [-0.1, -0.05) is 60.7 Å². The van der Waals surface area contributed by atoms with Crippen molar-refractivity contribution < 1.29 is 9.59 Å². The van der Waals surface area contributed by atoms with E-state index < -0.39 is 0 Å². The molecule has 0 aliphatic carbocycles. The predicted octanol–water partition coefficient (Wildman–Crippen LogP) is 4.70. The Balaban J connectivity index is 1.51. The Labute approximate surface area is 177 Å². The molecule has 0 bridgehead atoms. The molecular weight excluding hydrogens is 372 g/mol. The van der Waals surface area contributed by atoms with Crippen LogP contribution < -0.4 is 4.90 Å². The molecule has 1 aliphatic heterocycles. The lowest BCUT2D eigenvalue weighted by atomic mass is 10.1. The molecule has 0 radical (unpaired) electrons. The van der Waals surface area contributed by atoms with Gasteiger partial charge in [-0.2, -0.15) is 0 Å². The third-order valence-corrected chi connectivity index (χ3v) is 5.52. The van der Waals surface area contributed by atoms with E-state index in [1.165, 1.54) is 5.56 Å². The molecule has 0 atom stereocenters. The lowest BCUT2D eigenvalue weighted by molar-refractivity contribution is -0.117. The van der Waals surface area contributed by atoms with Crippen molar-refractivity contribution in [1.82, 2.24) is 4.90 Å². The van der Waals surface area contributed by atoms with E-state index in [1.54, 1.807) is 4.90 Å². The first-order chi connectivity index (χ1) is 14.7. The molecule has 0 spiro atoms. The molecule has 0 aromatic heterocycles. The normalized spacial score (nSPS) is 13.5. The summed E-state index contributed by atoms with van der Waals surface area (Å²) in [5, 5.41) is 0. The third kappa shape index (κ3) is 4.77. The summed E-state index contributed by atoms with van der Waals surface area (Å²) < 4.78 is 0. The SMILES string of the molecule is O=C(c1ccc(N2CCCC2=O)cc1)N(CCc1ccccc1)Cc1ccccc1. The van der Waals surface area contributed by atoms with Gasteiger partial charge in [0.05, 0.1) is 0 Å². The fourth-order valence-electron chi connectivity index (χ4n) is 3.85. The highest BCUT2D eigenvalue weighted by atomic mass is 16.2. The van der Waals surface area contributed by atoms with Crippen LogP contribution in [0.4, 0.5) is 5.69 Å². The fourth-order valence-corrected chi connectivity index (χ4v) is 3.85. The average molecular weight is 399 g/mol. The zero-order valence-electron chi connectivity index (χ0n) is 17.0. The molecule has 0 N–H and O–H groups in total. The number of hydrogen-bond donors (Lipinski definition) is 0. The molecule has 2 amide bonds. The maximum Gasteiger partial charge on any atom is 0.254 e. The molecule has 1 fully saturated rings. The van der Waals surface area contributed by atoms with Crippen LogP contribution in [0.2, 0.25) is 0 Å². The fraction of sp³-hybridized carbons (Fsp3) is 0.231. The van der Waals surface area contributed by atoms with Gasteiger partial charge in [0.2, 0.25) is 5.91 Å². The molecule has 1 aliphatic rings. The molecule has 0 unspecified atom stereocenters. The van der Waals surface area contributed by atoms with Crippen LogP contribution >= 0.6 is 0 Å². The second kappa shape index (κ2) is 9.40. The Morgan fingerprint density at radius 2 is 1.47 bits per heavy atom. The van der Waals surface area contributed by atoms with Crippen LogP contribution in [-0.4, -0.2) is 29.8 Å². The maximum absolute atomic E-state index is 13.3. The summed E-state index contributed by atoms with van der Waals surface area (Å²) in [4.78, 5) is 29.0. The van der Waals surface area contributed by atoms with E-state index in [1.807, 2.05) is 77.7 Å². The standard InChI is InChI=1S/C26H26N2O2/c29-25-12-7-18-28(25)24-15-13-23(14-16-24)26(30)27(20-22-10-5-2-6-11-22)19-17-21-8-3-1-4-9-21/h1-6,8-11,13-16H,7,12,17-20H2. The van der Waals surface area contributed by atoms with E-state index in [2.05, 4.69) is 12.1 Å². The molecule has 30 heavy (non-hydrogen) atoms. The summed E-state index contributed by atoms with van der Waals surface area (Å²) in [5.41, 5.74) is 3.84. The minimum absolute atomic E-state index is 0.00841. The number of nitrogens with zero attached hydrogens (tertiary/aromatic N) is 2. The minimum atomic E-state index is 0.00841. The van der Waals surface area contributed by atoms with Gasteiger partial charge >= 0.3 is 0 Å². The summed E-state index contributed by atoms with van der Waals surface area (Å²) in [6, 6.07) is 27.7. The number of rotatable bonds is 7. The van der Waals surface area contributed by atoms with Crippen LogP contribution in [-0.2, 0) is 17.8 Å². The number of hydrogen-bond acceptors (Lipinski definition) is 2. The van der Waals surface area contributed by atoms with Gasteiger partial charge in [0.25, 0.3) is 5.91 Å². The summed E-state index contributed by atoms with van der Waals surface area (Å²) in [5.74, 6) is 0.164. The molecule has 152 valence electrons. The van der Waals surface area contributed by atoms with Gasteiger partial charge in [-0.3, -0.25) is 9.59 Å². The molecule has 3 aromatic carbocycles. The second-order valence-corrected chi connectivity index (χ2v) is 7.64. The van der Waals surface area contributed by atoms with Gasteiger partial charge in [0, 0.05) is 37.3 Å². The highest BCUT2D eigenvalue weighted by Crippen LogP contribution is 2.22. The van der Waals surface area contributed by atoms with Crippen LogP contribution in [0, 0.1) is 0 Å². The molecule has 3 aromatic rings. The Morgan fingerprint density at radius 1 is 0.833 bits per heavy atom. The van der Waals surface area contributed by atoms with Crippen molar-refractivity contribution in [3.05, 3.63) is 102 Å². The van der Waals surface area contributed by atoms with Crippen LogP contribution in [0.3, 0.4) is 0 Å². The Hall–Kier alpha value is -3.40. The van der Waals surface area contributed by atoms with Gasteiger partial charge < -0.3 is 9.80 Å². The van der Waals surface area contributed by atoms with Gasteiger partial charge in [-0.15, -0.1) is 0 Å². The number of carbonyl (C=O) groups excluding carboxylic acids is 2. The average Bonchev–Trinajstić information content (AvgIpc) is 3.23. The van der Waals surface area contributed by atoms with E-state index in [0.717, 1.165) is 30.6 Å². The Morgan fingerprint density at radius 3 is 2.07 bits per heavy atom. The summed E-state index contributed by atoms with van der Waals surface area (Å²) in [6.45, 7) is 1.96. The molecule has 1 heterocycles. The van der Waals surface area contributed by atoms with E-state index in [-0.39, 0.29) is 11.8 Å². The van der Waals surface area contributed by atoms with Crippen molar-refractivity contribution in [3.8, 4) is 0 Å². The number of anilines is 1. The van der Waals surface area contributed by atoms with Crippen molar-refractivity contribution in [1.29, 1.82) is 0 Å². The van der Waals surface area contributed by atoms with Crippen molar-refractivity contribution in [2.75, 3.05) is 18.0 Å². The van der Waals surface area contributed by atoms with E-state index in [0.29, 0.717) is 25.1 Å². The van der Waals surface area contributed by atoms with Gasteiger partial charge in [0.1, 0.15) is 0 Å². The van der Waals surface area contributed by atoms with Crippen molar-refractivity contribution in [2.45, 2.75) is 25.8 Å². The van der Waals surface area contributed by atoms with Crippen LogP contribution in [0.15, 0.2) is 84.9 Å². The first kappa shape index (κ1) is 19.9. The zero-order chi connectivity index (χ0) is 20.8. The number of benzene rings is 3. The van der Waals surface area contributed by atoms with Crippen LogP contribution in [0.5, 0.6) is 0 Å². The molecule has 0 saturated carbocycles. The van der Waals surface area contributed by atoms with Crippen LogP contribution in [0.25, 0.3) is 0 Å². The largest absolute Gasteiger partial charge is 0.334 e. The van der Waals surface area contributed by atoms with Gasteiger partial charge in [0.15, 0.2) is 0 Å². The predicted molar refractivity (Wildman–Crippen MR) is 119 cm³/mol. The van der Waals surface area contributed by atoms with Gasteiger partial charge in [-0.05, 0) is 48.2 Å². The smallest absolute Gasteiger partial charge is 0.254 e. The van der Waals surface area contributed by atoms with E-state index >= 15 is 0 Å². The molecule has 4 rings (SSSR count). The van der Waals surface area contributed by atoms with Crippen molar-refractivity contribution in [3.63, 3.8) is 0 Å². The second-order valence-electron chi connectivity index (χ2n) is 7.64. The lowest BCUT2D eigenvalue weighted by Gasteiger charge is -2.24. The number of amides is 2. The van der Waals surface area contributed by atoms with E-state index in [9.17, 15) is 9.59 Å². The highest BCUT2D eigenvalue weighted by Gasteiger charge is 2.22. The molecular formula is C26H26N2O2. The Kier molecular flexibility index (Phi) is 6.23. The molecule has 1 saturated heterocycles. The first-order valence-corrected chi connectivity index (χ1v) is 10.5. The van der Waals surface area contributed by atoms with Gasteiger partial charge in [-0.25, -0.2) is 0 Å². The summed E-state index contributed by atoms with van der Waals surface area (Å²) in [6.07, 6.45) is 2.30. The quantitative estimate of drug-likeness (QED) is 0.579. The topological polar surface area (TPSA) is 40.6 Å². The van der Waals surface area contributed by atoms with Crippen LogP contribution in [0.1, 0.15) is 34.3 Å².